The Hall–Kier alpha value is -0.930. The summed E-state index contributed by atoms with van der Waals surface area (Å²) in [6.45, 7) is 2.21. The Morgan fingerprint density at radius 1 is 1.21 bits per heavy atom. The minimum absolute atomic E-state index is 0.745. The fraction of sp³-hybridized carbons (Fsp3) is 0.500. The molecule has 0 aromatic heterocycles. The van der Waals surface area contributed by atoms with Crippen molar-refractivity contribution in [1.29, 1.82) is 0 Å². The summed E-state index contributed by atoms with van der Waals surface area (Å²) in [5.41, 5.74) is 5.53. The maximum Gasteiger partial charge on any atom is 0.404 e. The van der Waals surface area contributed by atoms with E-state index in [1.54, 1.807) is 0 Å². The zero-order chi connectivity index (χ0) is 14.7. The third-order valence-electron chi connectivity index (χ3n) is 2.54. The summed E-state index contributed by atoms with van der Waals surface area (Å²) < 4.78 is 3.89. The maximum atomic E-state index is 9.37. The number of amides is 1. The fourth-order valence-electron chi connectivity index (χ4n) is 1.50. The number of methoxy groups -OCH3 is 1. The van der Waals surface area contributed by atoms with E-state index in [0.717, 1.165) is 22.0 Å². The average Bonchev–Trinajstić information content (AvgIpc) is 2.38. The number of primary amides is 1. The zero-order valence-electron chi connectivity index (χ0n) is 11.4. The first-order valence-electron chi connectivity index (χ1n) is 6.29. The van der Waals surface area contributed by atoms with Crippen LogP contribution in [0.5, 0.6) is 0 Å². The lowest BCUT2D eigenvalue weighted by atomic mass is 10.1. The highest BCUT2D eigenvalue weighted by molar-refractivity contribution is 6.35. The highest BCUT2D eigenvalue weighted by Crippen LogP contribution is 2.25. The van der Waals surface area contributed by atoms with Crippen LogP contribution in [0.4, 0.5) is 4.79 Å². The Kier molecular flexibility index (Phi) is 10.4. The summed E-state index contributed by atoms with van der Waals surface area (Å²) in [4.78, 5) is 9.37. The van der Waals surface area contributed by atoms with Crippen LogP contribution in [-0.4, -0.2) is 13.2 Å². The number of nitrogens with two attached hydrogens (primary N) is 1. The van der Waals surface area contributed by atoms with Crippen molar-refractivity contribution in [1.82, 2.24) is 0 Å². The minimum atomic E-state index is -0.745. The minimum Gasteiger partial charge on any atom is -0.453 e. The van der Waals surface area contributed by atoms with Crippen LogP contribution in [0, 0.1) is 0 Å². The first kappa shape index (κ1) is 18.1. The Morgan fingerprint density at radius 2 is 1.74 bits per heavy atom. The Labute approximate surface area is 125 Å². The van der Waals surface area contributed by atoms with Gasteiger partial charge in [-0.3, -0.25) is 0 Å². The summed E-state index contributed by atoms with van der Waals surface area (Å²) in [6, 6.07) is 5.70. The summed E-state index contributed by atoms with van der Waals surface area (Å²) in [5, 5.41) is 1.60. The van der Waals surface area contributed by atoms with Gasteiger partial charge >= 0.3 is 6.09 Å². The molecule has 1 rings (SSSR count). The van der Waals surface area contributed by atoms with Gasteiger partial charge in [0, 0.05) is 10.0 Å². The lowest BCUT2D eigenvalue weighted by Crippen LogP contribution is -2.08. The number of hydrogen-bond acceptors (Lipinski definition) is 2. The molecular formula is C14H21Cl2NO2. The average molecular weight is 306 g/mol. The molecule has 0 heterocycles. The predicted molar refractivity (Wildman–Crippen MR) is 80.9 cm³/mol. The second-order valence-corrected chi connectivity index (χ2v) is 4.85. The van der Waals surface area contributed by atoms with E-state index in [0.29, 0.717) is 0 Å². The van der Waals surface area contributed by atoms with Crippen molar-refractivity contribution in [3.8, 4) is 0 Å². The van der Waals surface area contributed by atoms with Crippen LogP contribution in [0.25, 0.3) is 0 Å². The second-order valence-electron chi connectivity index (χ2n) is 4.03. The fourth-order valence-corrected chi connectivity index (χ4v) is 2.09. The van der Waals surface area contributed by atoms with Crippen LogP contribution in [0.15, 0.2) is 18.2 Å². The highest BCUT2D eigenvalue weighted by Gasteiger charge is 2.04. The third kappa shape index (κ3) is 8.73. The molecule has 0 spiro atoms. The van der Waals surface area contributed by atoms with Gasteiger partial charge in [-0.15, -0.1) is 0 Å². The van der Waals surface area contributed by atoms with Gasteiger partial charge in [-0.1, -0.05) is 55.5 Å². The number of ether oxygens (including phenoxy) is 1. The van der Waals surface area contributed by atoms with Crippen molar-refractivity contribution in [3.63, 3.8) is 0 Å². The number of benzene rings is 1. The van der Waals surface area contributed by atoms with Crippen molar-refractivity contribution < 1.29 is 9.53 Å². The lowest BCUT2D eigenvalue weighted by molar-refractivity contribution is 0.182. The van der Waals surface area contributed by atoms with Gasteiger partial charge in [0.15, 0.2) is 0 Å². The quantitative estimate of drug-likeness (QED) is 0.792. The van der Waals surface area contributed by atoms with E-state index in [1.807, 2.05) is 18.2 Å². The SMILES string of the molecule is CCCCCCc1c(Cl)cccc1Cl.COC(N)=O. The van der Waals surface area contributed by atoms with Gasteiger partial charge in [0.2, 0.25) is 0 Å². The topological polar surface area (TPSA) is 52.3 Å². The second kappa shape index (κ2) is 10.9. The van der Waals surface area contributed by atoms with Crippen molar-refractivity contribution in [2.45, 2.75) is 39.0 Å². The molecule has 3 nitrogen and oxygen atoms in total. The molecule has 2 N–H and O–H groups in total. The van der Waals surface area contributed by atoms with E-state index >= 15 is 0 Å². The van der Waals surface area contributed by atoms with Crippen molar-refractivity contribution in [2.24, 2.45) is 5.73 Å². The van der Waals surface area contributed by atoms with E-state index < -0.39 is 6.09 Å². The molecule has 19 heavy (non-hydrogen) atoms. The Bertz CT molecular complexity index is 363. The molecule has 0 radical (unpaired) electrons. The largest absolute Gasteiger partial charge is 0.453 e. The number of halogens is 2. The van der Waals surface area contributed by atoms with Crippen LogP contribution in [0.3, 0.4) is 0 Å². The van der Waals surface area contributed by atoms with Crippen LogP contribution in [0.1, 0.15) is 38.2 Å². The Balaban J connectivity index is 0.000000555. The summed E-state index contributed by atoms with van der Waals surface area (Å²) in [6.07, 6.45) is 5.25. The normalized spacial score (nSPS) is 9.47. The summed E-state index contributed by atoms with van der Waals surface area (Å²) >= 11 is 12.1. The Morgan fingerprint density at radius 3 is 2.16 bits per heavy atom. The number of hydrogen-bond donors (Lipinski definition) is 1. The standard InChI is InChI=1S/C12H16Cl2.C2H5NO2/c1-2-3-4-5-7-10-11(13)8-6-9-12(10)14;1-5-2(3)4/h6,8-9H,2-5,7H2,1H3;1H3,(H2,3,4). The first-order chi connectivity index (χ1) is 9.02. The molecular weight excluding hydrogens is 285 g/mol. The van der Waals surface area contributed by atoms with E-state index in [2.05, 4.69) is 17.4 Å². The van der Waals surface area contributed by atoms with Gasteiger partial charge in [0.05, 0.1) is 7.11 Å². The van der Waals surface area contributed by atoms with E-state index in [-0.39, 0.29) is 0 Å². The van der Waals surface area contributed by atoms with Gasteiger partial charge in [-0.2, -0.15) is 0 Å². The monoisotopic (exact) mass is 305 g/mol. The highest BCUT2D eigenvalue weighted by atomic mass is 35.5. The van der Waals surface area contributed by atoms with Gasteiger partial charge in [-0.05, 0) is 30.5 Å². The van der Waals surface area contributed by atoms with E-state index in [1.165, 1.54) is 32.8 Å². The van der Waals surface area contributed by atoms with Crippen molar-refractivity contribution in [3.05, 3.63) is 33.8 Å². The molecule has 0 saturated carbocycles. The zero-order valence-corrected chi connectivity index (χ0v) is 12.9. The predicted octanol–water partition coefficient (Wildman–Crippen LogP) is 4.83. The number of carbonyl (C=O) groups excluding carboxylic acids is 1. The third-order valence-corrected chi connectivity index (χ3v) is 3.25. The summed E-state index contributed by atoms with van der Waals surface area (Å²) in [5.74, 6) is 0. The molecule has 0 atom stereocenters. The van der Waals surface area contributed by atoms with E-state index in [9.17, 15) is 4.79 Å². The number of carbonyl (C=O) groups is 1. The van der Waals surface area contributed by atoms with Crippen LogP contribution < -0.4 is 5.73 Å². The number of rotatable bonds is 5. The molecule has 0 aliphatic rings. The van der Waals surface area contributed by atoms with Gasteiger partial charge < -0.3 is 10.5 Å². The van der Waals surface area contributed by atoms with Gasteiger partial charge in [0.25, 0.3) is 0 Å². The number of unbranched alkanes of at least 4 members (excludes halogenated alkanes) is 3. The molecule has 0 aliphatic heterocycles. The molecule has 0 unspecified atom stereocenters. The van der Waals surface area contributed by atoms with E-state index in [4.69, 9.17) is 23.2 Å². The molecule has 1 aromatic carbocycles. The molecule has 0 bridgehead atoms. The summed E-state index contributed by atoms with van der Waals surface area (Å²) in [7, 11) is 1.22. The molecule has 0 saturated heterocycles. The molecule has 5 heteroatoms. The van der Waals surface area contributed by atoms with Crippen molar-refractivity contribution >= 4 is 29.3 Å². The van der Waals surface area contributed by atoms with Gasteiger partial charge in [-0.25, -0.2) is 4.79 Å². The van der Waals surface area contributed by atoms with Crippen LogP contribution >= 0.6 is 23.2 Å². The molecule has 0 aliphatic carbocycles. The lowest BCUT2D eigenvalue weighted by Gasteiger charge is -2.05. The van der Waals surface area contributed by atoms with Crippen molar-refractivity contribution in [2.75, 3.05) is 7.11 Å². The molecule has 1 amide bonds. The first-order valence-corrected chi connectivity index (χ1v) is 7.04. The molecule has 1 aromatic rings. The maximum absolute atomic E-state index is 9.37. The smallest absolute Gasteiger partial charge is 0.404 e. The van der Waals surface area contributed by atoms with Crippen LogP contribution in [-0.2, 0) is 11.2 Å². The van der Waals surface area contributed by atoms with Gasteiger partial charge in [0.1, 0.15) is 0 Å². The molecule has 108 valence electrons. The molecule has 0 fully saturated rings. The van der Waals surface area contributed by atoms with Crippen LogP contribution in [0.2, 0.25) is 10.0 Å².